The molecule has 0 aromatic heterocycles. The third kappa shape index (κ3) is 2.51. The lowest BCUT2D eigenvalue weighted by molar-refractivity contribution is -0.124. The number of allylic oxidation sites excluding steroid dienone is 2. The maximum absolute atomic E-state index is 13.3. The average Bonchev–Trinajstić information content (AvgIpc) is 3.53. The minimum atomic E-state index is -0.557. The van der Waals surface area contributed by atoms with E-state index in [1.807, 2.05) is 0 Å². The number of halogens is 1. The Kier molecular flexibility index (Phi) is 3.75. The van der Waals surface area contributed by atoms with E-state index in [-0.39, 0.29) is 41.0 Å². The summed E-state index contributed by atoms with van der Waals surface area (Å²) < 4.78 is 5.39. The highest BCUT2D eigenvalue weighted by atomic mass is 35.5. The quantitative estimate of drug-likeness (QED) is 0.325. The van der Waals surface area contributed by atoms with Crippen molar-refractivity contribution in [3.8, 4) is 5.75 Å². The molecule has 5 aliphatic rings. The summed E-state index contributed by atoms with van der Waals surface area (Å²) in [5.74, 6) is 0.457. The van der Waals surface area contributed by atoms with Gasteiger partial charge in [-0.15, -0.1) is 0 Å². The van der Waals surface area contributed by atoms with Crippen molar-refractivity contribution >= 4 is 35.1 Å². The lowest BCUT2D eigenvalue weighted by Gasteiger charge is -2.37. The van der Waals surface area contributed by atoms with Gasteiger partial charge in [0.15, 0.2) is 0 Å². The second kappa shape index (κ2) is 6.29. The van der Waals surface area contributed by atoms with Crippen molar-refractivity contribution in [1.29, 1.82) is 0 Å². The fourth-order valence-electron chi connectivity index (χ4n) is 5.65. The molecule has 7 rings (SSSR count). The molecule has 0 spiro atoms. The summed E-state index contributed by atoms with van der Waals surface area (Å²) in [6.07, 6.45) is 5.42. The predicted molar refractivity (Wildman–Crippen MR) is 110 cm³/mol. The zero-order valence-electron chi connectivity index (χ0n) is 15.9. The predicted octanol–water partition coefficient (Wildman–Crippen LogP) is 4.12. The van der Waals surface area contributed by atoms with Crippen molar-refractivity contribution in [3.63, 3.8) is 0 Å². The average molecular weight is 420 g/mol. The number of imide groups is 1. The van der Waals surface area contributed by atoms with Crippen LogP contribution in [0.15, 0.2) is 60.7 Å². The summed E-state index contributed by atoms with van der Waals surface area (Å²) in [6, 6.07) is 13.0. The normalized spacial score (nSPS) is 32.8. The number of benzene rings is 2. The smallest absolute Gasteiger partial charge is 0.343 e. The molecule has 4 aliphatic carbocycles. The number of anilines is 1. The molecule has 0 N–H and O–H groups in total. The zero-order valence-corrected chi connectivity index (χ0v) is 16.7. The topological polar surface area (TPSA) is 63.7 Å². The third-order valence-corrected chi connectivity index (χ3v) is 7.28. The SMILES string of the molecule is O=C(Oc1ccc(Cl)cc1)c1cccc(N2C(=O)[C@@H]3[C@H]4C=C[C@@H]([C@@H]5C[C@H]45)[C@@H]3C2=O)c1. The number of hydrogen-bond donors (Lipinski definition) is 0. The minimum absolute atomic E-state index is 0.141. The molecule has 1 saturated heterocycles. The van der Waals surface area contributed by atoms with Gasteiger partial charge in [0.1, 0.15) is 5.75 Å². The van der Waals surface area contributed by atoms with Gasteiger partial charge in [-0.1, -0.05) is 29.8 Å². The summed E-state index contributed by atoms with van der Waals surface area (Å²) in [4.78, 5) is 40.4. The Balaban J connectivity index is 1.28. The Bertz CT molecular complexity index is 1090. The maximum atomic E-state index is 13.3. The van der Waals surface area contributed by atoms with Crippen LogP contribution in [0.25, 0.3) is 0 Å². The number of nitrogens with zero attached hydrogens (tertiary/aromatic N) is 1. The molecule has 6 atom stereocenters. The van der Waals surface area contributed by atoms with Gasteiger partial charge in [-0.3, -0.25) is 9.59 Å². The van der Waals surface area contributed by atoms with E-state index in [9.17, 15) is 14.4 Å². The molecule has 0 radical (unpaired) electrons. The van der Waals surface area contributed by atoms with Crippen molar-refractivity contribution < 1.29 is 19.1 Å². The van der Waals surface area contributed by atoms with Crippen molar-refractivity contribution in [3.05, 3.63) is 71.3 Å². The Labute approximate surface area is 178 Å². The highest BCUT2D eigenvalue weighted by Crippen LogP contribution is 2.65. The monoisotopic (exact) mass is 419 g/mol. The third-order valence-electron chi connectivity index (χ3n) is 7.03. The Hall–Kier alpha value is -2.92. The van der Waals surface area contributed by atoms with Crippen LogP contribution in [0.5, 0.6) is 5.75 Å². The van der Waals surface area contributed by atoms with Gasteiger partial charge in [0.05, 0.1) is 23.1 Å². The summed E-state index contributed by atoms with van der Waals surface area (Å²) in [5.41, 5.74) is 0.708. The number of carbonyl (C=O) groups excluding carboxylic acids is 3. The number of ether oxygens (including phenoxy) is 1. The molecule has 2 amide bonds. The number of hydrogen-bond acceptors (Lipinski definition) is 4. The molecule has 6 heteroatoms. The highest BCUT2D eigenvalue weighted by molar-refractivity contribution is 6.30. The Morgan fingerprint density at radius 2 is 1.57 bits per heavy atom. The van der Waals surface area contributed by atoms with E-state index in [1.54, 1.807) is 48.5 Å². The van der Waals surface area contributed by atoms with Crippen molar-refractivity contribution in [2.24, 2.45) is 35.5 Å². The molecule has 0 unspecified atom stereocenters. The second-order valence-electron chi connectivity index (χ2n) is 8.56. The van der Waals surface area contributed by atoms with Crippen LogP contribution in [0.1, 0.15) is 16.8 Å². The number of amides is 2. The molecule has 3 fully saturated rings. The van der Waals surface area contributed by atoms with Crippen molar-refractivity contribution in [1.82, 2.24) is 0 Å². The van der Waals surface area contributed by atoms with E-state index in [1.165, 1.54) is 4.90 Å². The standard InChI is InChI=1S/C24H18ClNO4/c25-13-4-6-15(7-5-13)30-24(29)12-2-1-3-14(10-12)26-22(27)20-16-8-9-17(19-11-18(16)19)21(20)23(26)28/h1-10,16-21H,11H2/t16-,17-,18-,19+,20-,21+/m0/s1. The molecular formula is C24H18ClNO4. The van der Waals surface area contributed by atoms with Crippen LogP contribution in [-0.2, 0) is 9.59 Å². The minimum Gasteiger partial charge on any atom is -0.423 e. The van der Waals surface area contributed by atoms with Gasteiger partial charge < -0.3 is 4.74 Å². The van der Waals surface area contributed by atoms with Crippen molar-refractivity contribution in [2.75, 3.05) is 4.90 Å². The first-order chi connectivity index (χ1) is 14.5. The number of carbonyl (C=O) groups is 3. The van der Waals surface area contributed by atoms with Gasteiger partial charge in [-0.05, 0) is 72.6 Å². The molecule has 2 aromatic carbocycles. The molecule has 2 saturated carbocycles. The summed E-state index contributed by atoms with van der Waals surface area (Å²) in [6.45, 7) is 0. The summed E-state index contributed by atoms with van der Waals surface area (Å²) >= 11 is 5.86. The van der Waals surface area contributed by atoms with E-state index in [2.05, 4.69) is 12.2 Å². The van der Waals surface area contributed by atoms with Crippen LogP contribution in [0, 0.1) is 35.5 Å². The van der Waals surface area contributed by atoms with Crippen molar-refractivity contribution in [2.45, 2.75) is 6.42 Å². The fraction of sp³-hybridized carbons (Fsp3) is 0.292. The Morgan fingerprint density at radius 3 is 2.20 bits per heavy atom. The van der Waals surface area contributed by atoms with Gasteiger partial charge in [0, 0.05) is 5.02 Å². The molecule has 2 bridgehead atoms. The van der Waals surface area contributed by atoms with Crippen LogP contribution in [0.2, 0.25) is 5.02 Å². The molecule has 5 nitrogen and oxygen atoms in total. The van der Waals surface area contributed by atoms with Crippen LogP contribution in [0.4, 0.5) is 5.69 Å². The molecule has 1 heterocycles. The van der Waals surface area contributed by atoms with Gasteiger partial charge >= 0.3 is 5.97 Å². The van der Waals surface area contributed by atoms with Gasteiger partial charge in [0.2, 0.25) is 11.8 Å². The van der Waals surface area contributed by atoms with Crippen LogP contribution in [0.3, 0.4) is 0 Å². The molecule has 2 aromatic rings. The van der Waals surface area contributed by atoms with E-state index in [0.717, 1.165) is 6.42 Å². The first kappa shape index (κ1) is 17.9. The van der Waals surface area contributed by atoms with Gasteiger partial charge in [-0.2, -0.15) is 0 Å². The first-order valence-electron chi connectivity index (χ1n) is 10.2. The number of rotatable bonds is 3. The molecule has 150 valence electrons. The lowest BCUT2D eigenvalue weighted by atomic mass is 9.63. The Morgan fingerprint density at radius 1 is 0.933 bits per heavy atom. The van der Waals surface area contributed by atoms with Crippen LogP contribution < -0.4 is 9.64 Å². The number of esters is 1. The second-order valence-corrected chi connectivity index (χ2v) is 9.00. The van der Waals surface area contributed by atoms with Gasteiger partial charge in [-0.25, -0.2) is 9.69 Å². The molecule has 30 heavy (non-hydrogen) atoms. The van der Waals surface area contributed by atoms with Crippen LogP contribution in [-0.4, -0.2) is 17.8 Å². The van der Waals surface area contributed by atoms with Gasteiger partial charge in [0.25, 0.3) is 0 Å². The zero-order chi connectivity index (χ0) is 20.6. The highest BCUT2D eigenvalue weighted by Gasteiger charge is 2.67. The van der Waals surface area contributed by atoms with E-state index < -0.39 is 5.97 Å². The first-order valence-corrected chi connectivity index (χ1v) is 10.5. The van der Waals surface area contributed by atoms with E-state index in [0.29, 0.717) is 28.3 Å². The maximum Gasteiger partial charge on any atom is 0.343 e. The lowest BCUT2D eigenvalue weighted by Crippen LogP contribution is -2.40. The van der Waals surface area contributed by atoms with Crippen LogP contribution >= 0.6 is 11.6 Å². The van der Waals surface area contributed by atoms with E-state index in [4.69, 9.17) is 16.3 Å². The molecular weight excluding hydrogens is 402 g/mol. The van der Waals surface area contributed by atoms with E-state index >= 15 is 0 Å². The fourth-order valence-corrected chi connectivity index (χ4v) is 5.78. The molecule has 1 aliphatic heterocycles. The largest absolute Gasteiger partial charge is 0.423 e. The summed E-state index contributed by atoms with van der Waals surface area (Å²) in [7, 11) is 0. The summed E-state index contributed by atoms with van der Waals surface area (Å²) in [5, 5.41) is 0.547.